The van der Waals surface area contributed by atoms with Crippen LogP contribution in [0.15, 0.2) is 42.7 Å². The molecule has 0 saturated carbocycles. The molecular weight excluding hydrogens is 462 g/mol. The monoisotopic (exact) mass is 485 g/mol. The van der Waals surface area contributed by atoms with E-state index in [0.717, 1.165) is 45.2 Å². The van der Waals surface area contributed by atoms with E-state index in [9.17, 15) is 13.2 Å². The smallest absolute Gasteiger partial charge is 0.266 e. The van der Waals surface area contributed by atoms with Gasteiger partial charge in [-0.1, -0.05) is 18.2 Å². The average molecular weight is 485 g/mol. The SMILES string of the molecule is Fc1cc2c(cc1N1CC3(CCOCC3)C1)c(NCc1cccc(C(F)F)c1F)nc1nccn12. The lowest BCUT2D eigenvalue weighted by atomic mass is 9.73. The van der Waals surface area contributed by atoms with Crippen LogP contribution in [0.3, 0.4) is 0 Å². The van der Waals surface area contributed by atoms with Gasteiger partial charge in [0.25, 0.3) is 6.43 Å². The quantitative estimate of drug-likeness (QED) is 0.388. The Kier molecular flexibility index (Phi) is 5.28. The van der Waals surface area contributed by atoms with Crippen molar-refractivity contribution >= 4 is 28.2 Å². The Bertz CT molecular complexity index is 1410. The molecule has 35 heavy (non-hydrogen) atoms. The summed E-state index contributed by atoms with van der Waals surface area (Å²) < 4.78 is 63.2. The molecule has 2 fully saturated rings. The van der Waals surface area contributed by atoms with Gasteiger partial charge in [-0.2, -0.15) is 4.98 Å². The van der Waals surface area contributed by atoms with E-state index in [1.807, 2.05) is 4.90 Å². The fourth-order valence-corrected chi connectivity index (χ4v) is 5.18. The molecule has 2 aromatic heterocycles. The van der Waals surface area contributed by atoms with Crippen molar-refractivity contribution in [2.45, 2.75) is 25.8 Å². The maximum atomic E-state index is 15.3. The van der Waals surface area contributed by atoms with Crippen molar-refractivity contribution in [3.63, 3.8) is 0 Å². The minimum atomic E-state index is -2.91. The summed E-state index contributed by atoms with van der Waals surface area (Å²) in [5.41, 5.74) is 0.646. The normalized spacial score (nSPS) is 17.5. The highest BCUT2D eigenvalue weighted by molar-refractivity contribution is 5.94. The molecular formula is C25H23F4N5O. The van der Waals surface area contributed by atoms with Crippen molar-refractivity contribution in [1.82, 2.24) is 14.4 Å². The van der Waals surface area contributed by atoms with Crippen molar-refractivity contribution in [1.29, 1.82) is 0 Å². The van der Waals surface area contributed by atoms with E-state index in [1.165, 1.54) is 18.2 Å². The van der Waals surface area contributed by atoms with Crippen LogP contribution in [0.25, 0.3) is 16.7 Å². The minimum Gasteiger partial charge on any atom is -0.381 e. The maximum Gasteiger partial charge on any atom is 0.266 e. The summed E-state index contributed by atoms with van der Waals surface area (Å²) in [4.78, 5) is 10.8. The number of ether oxygens (including phenoxy) is 1. The number of rotatable bonds is 5. The molecule has 0 amide bonds. The third-order valence-corrected chi connectivity index (χ3v) is 7.15. The number of aromatic nitrogens is 3. The van der Waals surface area contributed by atoms with Crippen LogP contribution in [0.2, 0.25) is 0 Å². The van der Waals surface area contributed by atoms with Gasteiger partial charge in [-0.05, 0) is 18.9 Å². The third-order valence-electron chi connectivity index (χ3n) is 7.15. The van der Waals surface area contributed by atoms with E-state index < -0.39 is 17.8 Å². The number of hydrogen-bond donors (Lipinski definition) is 1. The molecule has 0 radical (unpaired) electrons. The van der Waals surface area contributed by atoms with Crippen LogP contribution in [0.5, 0.6) is 0 Å². The van der Waals surface area contributed by atoms with Gasteiger partial charge in [0.1, 0.15) is 17.5 Å². The Morgan fingerprint density at radius 2 is 1.91 bits per heavy atom. The summed E-state index contributed by atoms with van der Waals surface area (Å²) in [6.45, 7) is 2.91. The van der Waals surface area contributed by atoms with Gasteiger partial charge in [0.2, 0.25) is 5.78 Å². The average Bonchev–Trinajstić information content (AvgIpc) is 3.30. The van der Waals surface area contributed by atoms with Gasteiger partial charge < -0.3 is 15.0 Å². The molecule has 1 spiro atoms. The van der Waals surface area contributed by atoms with Crippen LogP contribution in [-0.4, -0.2) is 40.7 Å². The van der Waals surface area contributed by atoms with Crippen molar-refractivity contribution in [2.75, 3.05) is 36.5 Å². The van der Waals surface area contributed by atoms with E-state index in [1.54, 1.807) is 22.9 Å². The number of fused-ring (bicyclic) bond motifs is 3. The highest BCUT2D eigenvalue weighted by atomic mass is 19.3. The van der Waals surface area contributed by atoms with E-state index in [4.69, 9.17) is 4.74 Å². The van der Waals surface area contributed by atoms with Crippen LogP contribution in [0.4, 0.5) is 29.1 Å². The van der Waals surface area contributed by atoms with Gasteiger partial charge in [0.05, 0.1) is 16.8 Å². The Hall–Kier alpha value is -3.40. The number of nitrogens with one attached hydrogen (secondary N) is 1. The highest BCUT2D eigenvalue weighted by Gasteiger charge is 2.44. The fraction of sp³-hybridized carbons (Fsp3) is 0.360. The number of imidazole rings is 1. The Morgan fingerprint density at radius 1 is 1.11 bits per heavy atom. The zero-order valence-corrected chi connectivity index (χ0v) is 18.8. The second-order valence-electron chi connectivity index (χ2n) is 9.32. The molecule has 6 nitrogen and oxygen atoms in total. The summed E-state index contributed by atoms with van der Waals surface area (Å²) in [7, 11) is 0. The van der Waals surface area contributed by atoms with Gasteiger partial charge in [0, 0.05) is 67.7 Å². The first-order valence-electron chi connectivity index (χ1n) is 11.5. The fourth-order valence-electron chi connectivity index (χ4n) is 5.18. The molecule has 10 heteroatoms. The molecule has 2 aromatic carbocycles. The summed E-state index contributed by atoms with van der Waals surface area (Å²) in [5, 5.41) is 3.69. The van der Waals surface area contributed by atoms with Crippen LogP contribution in [-0.2, 0) is 11.3 Å². The number of nitrogens with zero attached hydrogens (tertiary/aromatic N) is 4. The van der Waals surface area contributed by atoms with Gasteiger partial charge >= 0.3 is 0 Å². The van der Waals surface area contributed by atoms with Crippen LogP contribution in [0.1, 0.15) is 30.4 Å². The van der Waals surface area contributed by atoms with E-state index in [-0.39, 0.29) is 23.3 Å². The van der Waals surface area contributed by atoms with E-state index >= 15 is 4.39 Å². The first-order chi connectivity index (χ1) is 16.9. The van der Waals surface area contributed by atoms with Gasteiger partial charge in [0.15, 0.2) is 0 Å². The molecule has 2 aliphatic heterocycles. The largest absolute Gasteiger partial charge is 0.381 e. The van der Waals surface area contributed by atoms with Crippen LogP contribution < -0.4 is 10.2 Å². The van der Waals surface area contributed by atoms with E-state index in [0.29, 0.717) is 28.2 Å². The first kappa shape index (κ1) is 22.1. The number of benzene rings is 2. The molecule has 0 bridgehead atoms. The number of anilines is 2. The van der Waals surface area contributed by atoms with Crippen molar-refractivity contribution < 1.29 is 22.3 Å². The predicted octanol–water partition coefficient (Wildman–Crippen LogP) is 5.33. The second kappa shape index (κ2) is 8.37. The summed E-state index contributed by atoms with van der Waals surface area (Å²) in [6, 6.07) is 7.12. The van der Waals surface area contributed by atoms with Gasteiger partial charge in [-0.15, -0.1) is 0 Å². The summed E-state index contributed by atoms with van der Waals surface area (Å²) in [5.74, 6) is -0.570. The standard InChI is InChI=1S/C25H23F4N5O/c26-18-11-19-17(10-20(18)33-13-25(14-33)4-8-35-9-5-25)23(32-24-30-6-7-34(19)24)31-12-15-2-1-3-16(21(15)27)22(28)29/h1-3,6-7,10-11,22H,4-5,8-9,12-14H2,(H,30,31,32). The molecule has 2 aliphatic rings. The number of alkyl halides is 2. The van der Waals surface area contributed by atoms with Gasteiger partial charge in [-0.25, -0.2) is 22.5 Å². The number of halogens is 4. The van der Waals surface area contributed by atoms with Crippen LogP contribution >= 0.6 is 0 Å². The van der Waals surface area contributed by atoms with Crippen molar-refractivity contribution in [2.24, 2.45) is 5.41 Å². The molecule has 182 valence electrons. The Morgan fingerprint density at radius 3 is 2.69 bits per heavy atom. The zero-order chi connectivity index (χ0) is 24.2. The van der Waals surface area contributed by atoms with Gasteiger partial charge in [-0.3, -0.25) is 4.40 Å². The van der Waals surface area contributed by atoms with E-state index in [2.05, 4.69) is 15.3 Å². The zero-order valence-electron chi connectivity index (χ0n) is 18.8. The Balaban J connectivity index is 1.36. The summed E-state index contributed by atoms with van der Waals surface area (Å²) in [6.07, 6.45) is 2.28. The van der Waals surface area contributed by atoms with Crippen LogP contribution in [0, 0.1) is 17.0 Å². The molecule has 1 N–H and O–H groups in total. The highest BCUT2D eigenvalue weighted by Crippen LogP contribution is 2.44. The lowest BCUT2D eigenvalue weighted by Crippen LogP contribution is -2.58. The summed E-state index contributed by atoms with van der Waals surface area (Å²) >= 11 is 0. The van der Waals surface area contributed by atoms with Crippen molar-refractivity contribution in [3.8, 4) is 0 Å². The lowest BCUT2D eigenvalue weighted by Gasteiger charge is -2.53. The predicted molar refractivity (Wildman–Crippen MR) is 124 cm³/mol. The van der Waals surface area contributed by atoms with Crippen molar-refractivity contribution in [3.05, 3.63) is 65.5 Å². The molecule has 2 saturated heterocycles. The topological polar surface area (TPSA) is 54.7 Å². The molecule has 6 rings (SSSR count). The lowest BCUT2D eigenvalue weighted by molar-refractivity contribution is -0.000378. The molecule has 4 heterocycles. The molecule has 0 aliphatic carbocycles. The molecule has 0 atom stereocenters. The Labute approximate surface area is 198 Å². The maximum absolute atomic E-state index is 15.3. The molecule has 0 unspecified atom stereocenters. The minimum absolute atomic E-state index is 0.0646. The first-order valence-corrected chi connectivity index (χ1v) is 11.5. The molecule has 4 aromatic rings. The number of hydrogen-bond acceptors (Lipinski definition) is 5. The second-order valence-corrected chi connectivity index (χ2v) is 9.32. The third kappa shape index (κ3) is 3.76.